The third-order valence-electron chi connectivity index (χ3n) is 9.79. The number of ether oxygens (including phenoxy) is 1. The van der Waals surface area contributed by atoms with Crippen molar-refractivity contribution in [2.24, 2.45) is 5.41 Å². The van der Waals surface area contributed by atoms with Crippen LogP contribution < -0.4 is 15.3 Å². The molecule has 236 valence electrons. The largest absolute Gasteiger partial charge is 0.379 e. The Hall–Kier alpha value is -1.46. The molecule has 1 amide bonds. The topological polar surface area (TPSA) is 98.5 Å². The smallest absolute Gasteiger partial charge is 0.209 e. The third-order valence-corrected chi connectivity index (χ3v) is 11.5. The first kappa shape index (κ1) is 32.9. The zero-order chi connectivity index (χ0) is 31.2. The molecule has 1 atom stereocenters. The van der Waals surface area contributed by atoms with Crippen LogP contribution in [0.1, 0.15) is 75.7 Å². The lowest BCUT2D eigenvalue weighted by atomic mass is 9.61. The average molecular weight is 742 g/mol. The molecule has 9 nitrogen and oxygen atoms in total. The lowest BCUT2D eigenvalue weighted by Gasteiger charge is -2.58. The van der Waals surface area contributed by atoms with E-state index in [1.807, 2.05) is 32.6 Å². The lowest BCUT2D eigenvalue weighted by Crippen LogP contribution is -2.65. The number of nitrogens with one attached hydrogen (secondary N) is 3. The number of hydrogen-bond donors (Lipinski definition) is 3. The average Bonchev–Trinajstić information content (AvgIpc) is 3.24. The number of nitrogens with zero attached hydrogens (tertiary/aromatic N) is 4. The van der Waals surface area contributed by atoms with E-state index in [1.165, 1.54) is 25.5 Å². The van der Waals surface area contributed by atoms with Gasteiger partial charge in [0.2, 0.25) is 6.41 Å². The van der Waals surface area contributed by atoms with Gasteiger partial charge < -0.3 is 30.4 Å². The van der Waals surface area contributed by atoms with Gasteiger partial charge in [-0.25, -0.2) is 0 Å². The maximum atomic E-state index is 11.2. The molecule has 2 aliphatic heterocycles. The van der Waals surface area contributed by atoms with E-state index in [-0.39, 0.29) is 16.6 Å². The van der Waals surface area contributed by atoms with E-state index in [9.17, 15) is 4.79 Å². The van der Waals surface area contributed by atoms with Crippen LogP contribution in [0.3, 0.4) is 0 Å². The van der Waals surface area contributed by atoms with Crippen molar-refractivity contribution in [3.63, 3.8) is 0 Å². The molecule has 3 heterocycles. The molecule has 2 aromatic rings. The molecule has 2 spiro atoms. The molecule has 0 bridgehead atoms. The Balaban J connectivity index is 0.000000559. The normalized spacial score (nSPS) is 20.8. The number of anilines is 2. The summed E-state index contributed by atoms with van der Waals surface area (Å²) in [6.45, 7) is 14.8. The maximum absolute atomic E-state index is 11.2. The zero-order valence-corrected chi connectivity index (χ0v) is 30.2. The lowest BCUT2D eigenvalue weighted by molar-refractivity contribution is -0.140. The van der Waals surface area contributed by atoms with Crippen LogP contribution in [-0.2, 0) is 9.53 Å². The van der Waals surface area contributed by atoms with Gasteiger partial charge in [-0.2, -0.15) is 5.10 Å². The molecule has 1 aromatic heterocycles. The number of amides is 1. The van der Waals surface area contributed by atoms with Gasteiger partial charge >= 0.3 is 0 Å². The van der Waals surface area contributed by atoms with Crippen LogP contribution in [0.25, 0.3) is 11.1 Å². The van der Waals surface area contributed by atoms with Gasteiger partial charge in [0.05, 0.1) is 22.2 Å². The summed E-state index contributed by atoms with van der Waals surface area (Å²) in [4.78, 5) is 15.6. The van der Waals surface area contributed by atoms with E-state index in [2.05, 4.69) is 55.0 Å². The Morgan fingerprint density at radius 1 is 1.26 bits per heavy atom. The van der Waals surface area contributed by atoms with Crippen LogP contribution in [0, 0.1) is 24.7 Å². The number of piperazine rings is 1. The summed E-state index contributed by atoms with van der Waals surface area (Å²) in [5, 5.41) is 21.6. The molecule has 4 fully saturated rings. The van der Waals surface area contributed by atoms with E-state index in [1.54, 1.807) is 7.11 Å². The molecular weight excluding hydrogens is 696 g/mol. The molecule has 2 saturated heterocycles. The number of aromatic nitrogens is 2. The highest BCUT2D eigenvalue weighted by molar-refractivity contribution is 14.2. The van der Waals surface area contributed by atoms with Crippen LogP contribution in [0.15, 0.2) is 6.07 Å². The van der Waals surface area contributed by atoms with Crippen molar-refractivity contribution in [1.82, 2.24) is 20.0 Å². The highest BCUT2D eigenvalue weighted by atomic mass is 127. The Bertz CT molecular complexity index is 1360. The van der Waals surface area contributed by atoms with Gasteiger partial charge in [-0.05, 0) is 100 Å². The molecule has 6 rings (SSSR count). The minimum atomic E-state index is 0.0417. The van der Waals surface area contributed by atoms with Crippen LogP contribution in [-0.4, -0.2) is 78.3 Å². The van der Waals surface area contributed by atoms with E-state index >= 15 is 0 Å². The molecule has 2 aliphatic carbocycles. The van der Waals surface area contributed by atoms with Gasteiger partial charge in [-0.3, -0.25) is 9.48 Å². The fourth-order valence-electron chi connectivity index (χ4n) is 7.16. The Morgan fingerprint density at radius 2 is 1.93 bits per heavy atom. The maximum Gasteiger partial charge on any atom is 0.209 e. The number of aryl methyl sites for hydroxylation is 1. The van der Waals surface area contributed by atoms with Crippen molar-refractivity contribution < 1.29 is 9.53 Å². The summed E-state index contributed by atoms with van der Waals surface area (Å²) >= 11 is 9.42. The summed E-state index contributed by atoms with van der Waals surface area (Å²) in [6.07, 6.45) is 8.58. The standard InChI is InChI=1S/C26H34ClIN7OP.C5H12O/c1-16-8-20(32-37-28)19(11-29)22(23(16)27)21-17(2)35(18-9-25(10-18)13-33(14-25)15-36)31-24(21)34-7-6-30-12-26(34)4-3-5-26;1-5(2,3)6-4/h8,11,15,18,29-30,32,37H,3-7,9-10,12-14H2,1-2H3;1-4H3. The van der Waals surface area contributed by atoms with E-state index in [0.29, 0.717) is 17.4 Å². The highest BCUT2D eigenvalue weighted by Crippen LogP contribution is 2.56. The van der Waals surface area contributed by atoms with Gasteiger partial charge in [-0.15, -0.1) is 0 Å². The molecule has 1 unspecified atom stereocenters. The van der Waals surface area contributed by atoms with Crippen molar-refractivity contribution in [3.8, 4) is 11.1 Å². The monoisotopic (exact) mass is 741 g/mol. The Morgan fingerprint density at radius 3 is 2.47 bits per heavy atom. The van der Waals surface area contributed by atoms with Crippen LogP contribution in [0.5, 0.6) is 0 Å². The van der Waals surface area contributed by atoms with Crippen molar-refractivity contribution in [1.29, 1.82) is 5.41 Å². The number of hydrogen-bond acceptors (Lipinski definition) is 7. The van der Waals surface area contributed by atoms with Crippen molar-refractivity contribution in [3.05, 3.63) is 27.9 Å². The summed E-state index contributed by atoms with van der Waals surface area (Å²) in [5.41, 5.74) is 6.29. The molecule has 0 radical (unpaired) electrons. The van der Waals surface area contributed by atoms with Gasteiger partial charge in [0.1, 0.15) is 0 Å². The van der Waals surface area contributed by atoms with Gasteiger partial charge in [-0.1, -0.05) is 11.6 Å². The van der Waals surface area contributed by atoms with Crippen LogP contribution in [0.2, 0.25) is 5.02 Å². The summed E-state index contributed by atoms with van der Waals surface area (Å²) in [5.74, 6) is 1.02. The molecule has 12 heteroatoms. The number of likely N-dealkylation sites (tertiary alicyclic amines) is 1. The zero-order valence-electron chi connectivity index (χ0n) is 26.2. The SMILES string of the molecule is COC(C)(C)C.Cc1cc(NPI)c(C=N)c(-c2c(N3CCNCC34CCC4)nn(C3CC4(C3)CN(C=O)C4)c2C)c1Cl. The van der Waals surface area contributed by atoms with Gasteiger partial charge in [0, 0.05) is 85.9 Å². The summed E-state index contributed by atoms with van der Waals surface area (Å²) < 4.78 is 7.18. The van der Waals surface area contributed by atoms with E-state index < -0.39 is 0 Å². The quantitative estimate of drug-likeness (QED) is 0.126. The Kier molecular flexibility index (Phi) is 9.75. The van der Waals surface area contributed by atoms with Gasteiger partial charge in [0.25, 0.3) is 0 Å². The van der Waals surface area contributed by atoms with Gasteiger partial charge in [0.15, 0.2) is 5.82 Å². The predicted molar refractivity (Wildman–Crippen MR) is 188 cm³/mol. The van der Waals surface area contributed by atoms with Crippen molar-refractivity contribution >= 4 is 64.1 Å². The molecule has 4 aliphatic rings. The van der Waals surface area contributed by atoms with E-state index in [0.717, 1.165) is 91.4 Å². The number of rotatable bonds is 7. The highest BCUT2D eigenvalue weighted by Gasteiger charge is 2.54. The second kappa shape index (κ2) is 12.7. The first-order valence-corrected chi connectivity index (χ1v) is 19.7. The third kappa shape index (κ3) is 6.20. The molecule has 1 aromatic carbocycles. The van der Waals surface area contributed by atoms with E-state index in [4.69, 9.17) is 26.8 Å². The van der Waals surface area contributed by atoms with Crippen molar-refractivity contribution in [2.75, 3.05) is 49.8 Å². The van der Waals surface area contributed by atoms with Crippen LogP contribution >= 0.6 is 40.0 Å². The number of methoxy groups -OCH3 is 1. The first-order chi connectivity index (χ1) is 20.4. The summed E-state index contributed by atoms with van der Waals surface area (Å²) in [7, 11) is 1.71. The predicted octanol–water partition coefficient (Wildman–Crippen LogP) is 6.73. The molecule has 43 heavy (non-hydrogen) atoms. The number of halogens is 2. The number of carbonyl (C=O) groups is 1. The number of carbonyl (C=O) groups excluding carboxylic acids is 1. The molecule has 3 N–H and O–H groups in total. The van der Waals surface area contributed by atoms with Crippen LogP contribution in [0.4, 0.5) is 11.5 Å². The fraction of sp³-hybridized carbons (Fsp3) is 0.645. The van der Waals surface area contributed by atoms with Crippen molar-refractivity contribution in [2.45, 2.75) is 83.9 Å². The molecule has 2 saturated carbocycles. The first-order valence-electron chi connectivity index (χ1n) is 15.2. The second-order valence-electron chi connectivity index (χ2n) is 13.7. The fourth-order valence-corrected chi connectivity index (χ4v) is 8.60. The summed E-state index contributed by atoms with van der Waals surface area (Å²) in [6, 6.07) is 2.38. The Labute approximate surface area is 276 Å². The minimum absolute atomic E-state index is 0.0417. The second-order valence-corrected chi connectivity index (χ2v) is 16.2. The minimum Gasteiger partial charge on any atom is -0.379 e. The molecular formula is C31H46ClIN7O2P. The number of benzene rings is 1.